The van der Waals surface area contributed by atoms with E-state index in [-0.39, 0.29) is 11.3 Å². The van der Waals surface area contributed by atoms with Gasteiger partial charge in [-0.2, -0.15) is 0 Å². The fourth-order valence-electron chi connectivity index (χ4n) is 1.38. The summed E-state index contributed by atoms with van der Waals surface area (Å²) in [4.78, 5) is 11.5. The van der Waals surface area contributed by atoms with Crippen LogP contribution in [0, 0.1) is 0 Å². The Morgan fingerprint density at radius 2 is 1.94 bits per heavy atom. The summed E-state index contributed by atoms with van der Waals surface area (Å²) in [5.74, 6) is -0.418. The van der Waals surface area contributed by atoms with Gasteiger partial charge in [0.25, 0.3) is 0 Å². The molecule has 1 aromatic rings. The second-order valence-corrected chi connectivity index (χ2v) is 5.35. The van der Waals surface area contributed by atoms with Crippen LogP contribution in [-0.2, 0) is 25.8 Å². The molecule has 5 heteroatoms. The van der Waals surface area contributed by atoms with Gasteiger partial charge in [-0.3, -0.25) is 4.79 Å². The summed E-state index contributed by atoms with van der Waals surface area (Å²) in [7, 11) is -3.30. The zero-order valence-corrected chi connectivity index (χ0v) is 10.1. The van der Waals surface area contributed by atoms with E-state index in [1.165, 1.54) is 6.07 Å². The van der Waals surface area contributed by atoms with Crippen molar-refractivity contribution in [3.63, 3.8) is 0 Å². The summed E-state index contributed by atoms with van der Waals surface area (Å²) < 4.78 is 27.7. The second kappa shape index (κ2) is 5.12. The maximum Gasteiger partial charge on any atom is 0.310 e. The first-order chi connectivity index (χ1) is 7.45. The van der Waals surface area contributed by atoms with Gasteiger partial charge in [0.1, 0.15) is 0 Å². The molecular weight excluding hydrogens is 228 g/mol. The van der Waals surface area contributed by atoms with Crippen LogP contribution in [0.4, 0.5) is 0 Å². The summed E-state index contributed by atoms with van der Waals surface area (Å²) in [6, 6.07) is 6.44. The molecule has 0 heterocycles. The van der Waals surface area contributed by atoms with E-state index in [0.29, 0.717) is 12.2 Å². The van der Waals surface area contributed by atoms with Crippen molar-refractivity contribution >= 4 is 15.8 Å². The molecule has 0 aliphatic rings. The first-order valence-electron chi connectivity index (χ1n) is 4.88. The largest absolute Gasteiger partial charge is 0.466 e. The lowest BCUT2D eigenvalue weighted by atomic mass is 10.1. The number of hydrogen-bond donors (Lipinski definition) is 0. The van der Waals surface area contributed by atoms with Crippen LogP contribution in [0.1, 0.15) is 12.5 Å². The number of rotatable bonds is 4. The van der Waals surface area contributed by atoms with Crippen LogP contribution in [0.5, 0.6) is 0 Å². The number of esters is 1. The lowest BCUT2D eigenvalue weighted by Crippen LogP contribution is -2.11. The minimum absolute atomic E-state index is 0.0168. The highest BCUT2D eigenvalue weighted by molar-refractivity contribution is 7.90. The molecule has 0 spiro atoms. The third-order valence-electron chi connectivity index (χ3n) is 2.01. The van der Waals surface area contributed by atoms with E-state index in [1.807, 2.05) is 0 Å². The number of carbonyl (C=O) groups is 1. The van der Waals surface area contributed by atoms with E-state index < -0.39 is 15.8 Å². The van der Waals surface area contributed by atoms with Crippen LogP contribution in [0.15, 0.2) is 29.2 Å². The third kappa shape index (κ3) is 3.34. The summed E-state index contributed by atoms with van der Waals surface area (Å²) in [5, 5.41) is 0. The van der Waals surface area contributed by atoms with Crippen molar-refractivity contribution in [2.24, 2.45) is 0 Å². The lowest BCUT2D eigenvalue weighted by Gasteiger charge is -2.06. The Morgan fingerprint density at radius 1 is 1.31 bits per heavy atom. The molecule has 0 saturated heterocycles. The molecule has 0 atom stereocenters. The Morgan fingerprint density at radius 3 is 2.50 bits per heavy atom. The van der Waals surface area contributed by atoms with Gasteiger partial charge in [-0.05, 0) is 18.6 Å². The second-order valence-electron chi connectivity index (χ2n) is 3.36. The zero-order valence-electron chi connectivity index (χ0n) is 9.26. The van der Waals surface area contributed by atoms with Crippen molar-refractivity contribution in [3.05, 3.63) is 29.8 Å². The molecule has 0 fully saturated rings. The van der Waals surface area contributed by atoms with Gasteiger partial charge in [0.2, 0.25) is 0 Å². The molecule has 0 aromatic heterocycles. The molecule has 0 N–H and O–H groups in total. The molecule has 0 unspecified atom stereocenters. The standard InChI is InChI=1S/C11H14O4S/c1-3-15-11(12)8-9-6-4-5-7-10(9)16(2,13)14/h4-7H,3,8H2,1-2H3. The Balaban J connectivity index is 3.01. The lowest BCUT2D eigenvalue weighted by molar-refractivity contribution is -0.142. The van der Waals surface area contributed by atoms with Crippen LogP contribution >= 0.6 is 0 Å². The molecule has 0 saturated carbocycles. The molecule has 16 heavy (non-hydrogen) atoms. The number of hydrogen-bond acceptors (Lipinski definition) is 4. The molecule has 1 rings (SSSR count). The highest BCUT2D eigenvalue weighted by Gasteiger charge is 2.15. The maximum absolute atomic E-state index is 11.4. The summed E-state index contributed by atoms with van der Waals surface area (Å²) in [6.07, 6.45) is 1.11. The molecule has 88 valence electrons. The quantitative estimate of drug-likeness (QED) is 0.744. The van der Waals surface area contributed by atoms with Crippen molar-refractivity contribution in [2.45, 2.75) is 18.2 Å². The maximum atomic E-state index is 11.4. The highest BCUT2D eigenvalue weighted by Crippen LogP contribution is 2.16. The number of sulfone groups is 1. The monoisotopic (exact) mass is 242 g/mol. The van der Waals surface area contributed by atoms with Crippen LogP contribution in [0.3, 0.4) is 0 Å². The fourth-order valence-corrected chi connectivity index (χ4v) is 2.32. The van der Waals surface area contributed by atoms with Crippen LogP contribution in [0.2, 0.25) is 0 Å². The third-order valence-corrected chi connectivity index (χ3v) is 3.21. The Bertz CT molecular complexity index is 477. The number of carbonyl (C=O) groups excluding carboxylic acids is 1. The SMILES string of the molecule is CCOC(=O)Cc1ccccc1S(C)(=O)=O. The predicted octanol–water partition coefficient (Wildman–Crippen LogP) is 1.20. The normalized spacial score (nSPS) is 11.1. The summed E-state index contributed by atoms with van der Waals surface area (Å²) >= 11 is 0. The van der Waals surface area contributed by atoms with Gasteiger partial charge in [-0.25, -0.2) is 8.42 Å². The Hall–Kier alpha value is -1.36. The molecule has 1 aromatic carbocycles. The van der Waals surface area contributed by atoms with Crippen molar-refractivity contribution in [1.29, 1.82) is 0 Å². The minimum Gasteiger partial charge on any atom is -0.466 e. The van der Waals surface area contributed by atoms with Gasteiger partial charge in [0, 0.05) is 6.26 Å². The number of benzene rings is 1. The average Bonchev–Trinajstić information content (AvgIpc) is 2.17. The molecule has 0 aliphatic carbocycles. The first kappa shape index (κ1) is 12.7. The zero-order chi connectivity index (χ0) is 12.2. The molecule has 0 amide bonds. The Labute approximate surface area is 95.2 Å². The van der Waals surface area contributed by atoms with Gasteiger partial charge in [-0.15, -0.1) is 0 Å². The van der Waals surface area contributed by atoms with E-state index in [1.54, 1.807) is 25.1 Å². The van der Waals surface area contributed by atoms with E-state index in [0.717, 1.165) is 6.26 Å². The average molecular weight is 242 g/mol. The smallest absolute Gasteiger partial charge is 0.310 e. The van der Waals surface area contributed by atoms with Crippen LogP contribution in [-0.4, -0.2) is 27.2 Å². The van der Waals surface area contributed by atoms with E-state index >= 15 is 0 Å². The molecule has 0 aliphatic heterocycles. The molecule has 0 radical (unpaired) electrons. The van der Waals surface area contributed by atoms with E-state index in [2.05, 4.69) is 0 Å². The highest BCUT2D eigenvalue weighted by atomic mass is 32.2. The van der Waals surface area contributed by atoms with Gasteiger partial charge < -0.3 is 4.74 Å². The first-order valence-corrected chi connectivity index (χ1v) is 6.78. The van der Waals surface area contributed by atoms with Crippen molar-refractivity contribution in [3.8, 4) is 0 Å². The van der Waals surface area contributed by atoms with E-state index in [9.17, 15) is 13.2 Å². The predicted molar refractivity (Wildman–Crippen MR) is 59.9 cm³/mol. The molecule has 4 nitrogen and oxygen atoms in total. The van der Waals surface area contributed by atoms with Gasteiger partial charge in [0.05, 0.1) is 17.9 Å². The molecular formula is C11H14O4S. The fraction of sp³-hybridized carbons (Fsp3) is 0.364. The van der Waals surface area contributed by atoms with E-state index in [4.69, 9.17) is 4.74 Å². The van der Waals surface area contributed by atoms with Crippen molar-refractivity contribution < 1.29 is 17.9 Å². The van der Waals surface area contributed by atoms with Crippen molar-refractivity contribution in [2.75, 3.05) is 12.9 Å². The molecule has 0 bridgehead atoms. The number of ether oxygens (including phenoxy) is 1. The van der Waals surface area contributed by atoms with Crippen molar-refractivity contribution in [1.82, 2.24) is 0 Å². The van der Waals surface area contributed by atoms with Gasteiger partial charge >= 0.3 is 5.97 Å². The summed E-state index contributed by atoms with van der Waals surface area (Å²) in [6.45, 7) is 2.00. The Kier molecular flexibility index (Phi) is 4.06. The summed E-state index contributed by atoms with van der Waals surface area (Å²) in [5.41, 5.74) is 0.475. The minimum atomic E-state index is -3.30. The van der Waals surface area contributed by atoms with Gasteiger partial charge in [0.15, 0.2) is 9.84 Å². The van der Waals surface area contributed by atoms with Crippen LogP contribution < -0.4 is 0 Å². The van der Waals surface area contributed by atoms with Crippen LogP contribution in [0.25, 0.3) is 0 Å². The van der Waals surface area contributed by atoms with Gasteiger partial charge in [-0.1, -0.05) is 18.2 Å². The topological polar surface area (TPSA) is 60.4 Å².